The van der Waals surface area contributed by atoms with Gasteiger partial charge in [-0.2, -0.15) is 0 Å². The molecule has 0 bridgehead atoms. The molecule has 1 aromatic rings. The van der Waals surface area contributed by atoms with E-state index in [0.717, 1.165) is 11.8 Å². The van der Waals surface area contributed by atoms with Crippen molar-refractivity contribution >= 4 is 37.8 Å². The average molecular weight is 395 g/mol. The summed E-state index contributed by atoms with van der Waals surface area (Å²) < 4.78 is 14.4. The van der Waals surface area contributed by atoms with Crippen LogP contribution in [0, 0.1) is 11.2 Å². The third kappa shape index (κ3) is 4.88. The van der Waals surface area contributed by atoms with Gasteiger partial charge in [-0.05, 0) is 30.0 Å². The summed E-state index contributed by atoms with van der Waals surface area (Å²) in [5.41, 5.74) is 0.00181. The molecule has 1 rings (SSSR count). The lowest BCUT2D eigenvalue weighted by Gasteiger charge is -2.31. The molecule has 0 fully saturated rings. The highest BCUT2D eigenvalue weighted by molar-refractivity contribution is 9.10. The van der Waals surface area contributed by atoms with Crippen LogP contribution in [0.15, 0.2) is 22.7 Å². The minimum atomic E-state index is -0.515. The molecule has 19 heavy (non-hydrogen) atoms. The Kier molecular flexibility index (Phi) is 5.99. The van der Waals surface area contributed by atoms with Gasteiger partial charge in [0.15, 0.2) is 0 Å². The molecule has 0 aliphatic heterocycles. The van der Waals surface area contributed by atoms with Gasteiger partial charge in [-0.3, -0.25) is 4.79 Å². The highest BCUT2D eigenvalue weighted by atomic mass is 79.9. The van der Waals surface area contributed by atoms with E-state index in [0.29, 0.717) is 4.47 Å². The second-order valence-electron chi connectivity index (χ2n) is 5.49. The van der Waals surface area contributed by atoms with E-state index in [9.17, 15) is 9.18 Å². The van der Waals surface area contributed by atoms with E-state index in [1.165, 1.54) is 12.1 Å². The van der Waals surface area contributed by atoms with E-state index in [-0.39, 0.29) is 22.9 Å². The Hall–Kier alpha value is -0.420. The number of hydrogen-bond acceptors (Lipinski definition) is 1. The van der Waals surface area contributed by atoms with Crippen LogP contribution in [0.4, 0.5) is 4.39 Å². The van der Waals surface area contributed by atoms with Gasteiger partial charge in [0, 0.05) is 15.8 Å². The van der Waals surface area contributed by atoms with Crippen molar-refractivity contribution in [3.63, 3.8) is 0 Å². The van der Waals surface area contributed by atoms with Crippen LogP contribution in [0.2, 0.25) is 0 Å². The fourth-order valence-corrected chi connectivity index (χ4v) is 2.53. The van der Waals surface area contributed by atoms with E-state index in [4.69, 9.17) is 0 Å². The van der Waals surface area contributed by atoms with Crippen molar-refractivity contribution in [2.24, 2.45) is 5.41 Å². The standard InChI is InChI=1S/C14H18Br2FNO/c1-14(2,3)12(6-7-15)18-13(19)10-5-4-9(16)8-11(10)17/h4-5,8,12H,6-7H2,1-3H3,(H,18,19). The fraction of sp³-hybridized carbons (Fsp3) is 0.500. The van der Waals surface area contributed by atoms with Crippen molar-refractivity contribution in [2.75, 3.05) is 5.33 Å². The van der Waals surface area contributed by atoms with Crippen molar-refractivity contribution in [1.82, 2.24) is 5.32 Å². The second-order valence-corrected chi connectivity index (χ2v) is 7.20. The molecule has 0 heterocycles. The maximum atomic E-state index is 13.7. The Morgan fingerprint density at radius 3 is 2.53 bits per heavy atom. The molecule has 0 aliphatic rings. The molecule has 0 aromatic heterocycles. The summed E-state index contributed by atoms with van der Waals surface area (Å²) in [5, 5.41) is 3.70. The van der Waals surface area contributed by atoms with Gasteiger partial charge < -0.3 is 5.32 Å². The lowest BCUT2D eigenvalue weighted by Crippen LogP contribution is -2.44. The predicted molar refractivity (Wildman–Crippen MR) is 83.2 cm³/mol. The lowest BCUT2D eigenvalue weighted by molar-refractivity contribution is 0.0896. The maximum absolute atomic E-state index is 13.7. The Labute approximate surface area is 130 Å². The molecule has 0 radical (unpaired) electrons. The number of alkyl halides is 1. The number of hydrogen-bond donors (Lipinski definition) is 1. The van der Waals surface area contributed by atoms with Crippen LogP contribution in [0.5, 0.6) is 0 Å². The second kappa shape index (κ2) is 6.84. The molecule has 0 spiro atoms. The van der Waals surface area contributed by atoms with Gasteiger partial charge in [-0.15, -0.1) is 0 Å². The van der Waals surface area contributed by atoms with Gasteiger partial charge in [0.1, 0.15) is 5.82 Å². The van der Waals surface area contributed by atoms with Crippen LogP contribution in [0.1, 0.15) is 37.6 Å². The molecule has 106 valence electrons. The molecule has 5 heteroatoms. The summed E-state index contributed by atoms with van der Waals surface area (Å²) in [6.07, 6.45) is 0.799. The zero-order valence-corrected chi connectivity index (χ0v) is 14.4. The van der Waals surface area contributed by atoms with Gasteiger partial charge in [0.05, 0.1) is 5.56 Å². The Morgan fingerprint density at radius 1 is 1.42 bits per heavy atom. The maximum Gasteiger partial charge on any atom is 0.254 e. The molecule has 0 saturated heterocycles. The van der Waals surface area contributed by atoms with Crippen LogP contribution >= 0.6 is 31.9 Å². The number of halogens is 3. The van der Waals surface area contributed by atoms with Crippen molar-refractivity contribution in [2.45, 2.75) is 33.2 Å². The highest BCUT2D eigenvalue weighted by Gasteiger charge is 2.26. The topological polar surface area (TPSA) is 29.1 Å². The van der Waals surface area contributed by atoms with Crippen molar-refractivity contribution in [1.29, 1.82) is 0 Å². The molecule has 1 amide bonds. The number of carbonyl (C=O) groups is 1. The molecular weight excluding hydrogens is 377 g/mol. The molecule has 2 nitrogen and oxygen atoms in total. The SMILES string of the molecule is CC(C)(C)C(CCBr)NC(=O)c1ccc(Br)cc1F. The van der Waals surface area contributed by atoms with E-state index < -0.39 is 5.82 Å². The van der Waals surface area contributed by atoms with Crippen molar-refractivity contribution in [3.05, 3.63) is 34.1 Å². The normalized spacial score (nSPS) is 13.2. The first-order valence-electron chi connectivity index (χ1n) is 6.07. The number of carbonyl (C=O) groups excluding carboxylic acids is 1. The summed E-state index contributed by atoms with van der Waals surface area (Å²) in [7, 11) is 0. The van der Waals surface area contributed by atoms with Crippen LogP contribution < -0.4 is 5.32 Å². The Bertz CT molecular complexity index is 457. The quantitative estimate of drug-likeness (QED) is 0.747. The molecule has 1 atom stereocenters. The van der Waals surface area contributed by atoms with Crippen LogP contribution in [0.25, 0.3) is 0 Å². The third-order valence-corrected chi connectivity index (χ3v) is 3.88. The lowest BCUT2D eigenvalue weighted by atomic mass is 9.85. The third-order valence-electron chi connectivity index (χ3n) is 2.92. The Balaban J connectivity index is 2.88. The van der Waals surface area contributed by atoms with Gasteiger partial charge in [-0.1, -0.05) is 52.6 Å². The summed E-state index contributed by atoms with van der Waals surface area (Å²) in [6, 6.07) is 4.44. The first-order chi connectivity index (χ1) is 8.75. The number of benzene rings is 1. The summed E-state index contributed by atoms with van der Waals surface area (Å²) >= 11 is 6.56. The fourth-order valence-electron chi connectivity index (χ4n) is 1.74. The van der Waals surface area contributed by atoms with Gasteiger partial charge in [-0.25, -0.2) is 4.39 Å². The van der Waals surface area contributed by atoms with E-state index in [2.05, 4.69) is 57.9 Å². The minimum absolute atomic E-state index is 0.0116. The van der Waals surface area contributed by atoms with E-state index >= 15 is 0 Å². The molecule has 0 saturated carbocycles. The minimum Gasteiger partial charge on any atom is -0.349 e. The van der Waals surface area contributed by atoms with Crippen LogP contribution in [0.3, 0.4) is 0 Å². The van der Waals surface area contributed by atoms with E-state index in [1.807, 2.05) is 0 Å². The summed E-state index contributed by atoms with van der Waals surface area (Å²) in [6.45, 7) is 6.16. The molecule has 1 N–H and O–H groups in total. The molecule has 1 unspecified atom stereocenters. The largest absolute Gasteiger partial charge is 0.349 e. The van der Waals surface area contributed by atoms with Gasteiger partial charge in [0.2, 0.25) is 0 Å². The van der Waals surface area contributed by atoms with Crippen molar-refractivity contribution in [3.8, 4) is 0 Å². The van der Waals surface area contributed by atoms with Crippen LogP contribution in [-0.4, -0.2) is 17.3 Å². The molecule has 0 aliphatic carbocycles. The van der Waals surface area contributed by atoms with E-state index in [1.54, 1.807) is 6.07 Å². The highest BCUT2D eigenvalue weighted by Crippen LogP contribution is 2.23. The number of nitrogens with one attached hydrogen (secondary N) is 1. The molecule has 1 aromatic carbocycles. The number of rotatable bonds is 4. The summed E-state index contributed by atoms with van der Waals surface area (Å²) in [5.74, 6) is -0.885. The average Bonchev–Trinajstić information content (AvgIpc) is 2.26. The Morgan fingerprint density at radius 2 is 2.05 bits per heavy atom. The van der Waals surface area contributed by atoms with Gasteiger partial charge >= 0.3 is 0 Å². The summed E-state index contributed by atoms with van der Waals surface area (Å²) in [4.78, 5) is 12.1. The van der Waals surface area contributed by atoms with Crippen LogP contribution in [-0.2, 0) is 0 Å². The smallest absolute Gasteiger partial charge is 0.254 e. The predicted octanol–water partition coefficient (Wildman–Crippen LogP) is 4.52. The molecular formula is C14H18Br2FNO. The first-order valence-corrected chi connectivity index (χ1v) is 7.99. The first kappa shape index (κ1) is 16.6. The van der Waals surface area contributed by atoms with Crippen molar-refractivity contribution < 1.29 is 9.18 Å². The number of amides is 1. The van der Waals surface area contributed by atoms with Gasteiger partial charge in [0.25, 0.3) is 5.91 Å². The zero-order chi connectivity index (χ0) is 14.6. The zero-order valence-electron chi connectivity index (χ0n) is 11.3. The monoisotopic (exact) mass is 393 g/mol.